The van der Waals surface area contributed by atoms with E-state index >= 15 is 0 Å². The van der Waals surface area contributed by atoms with E-state index in [0.717, 1.165) is 39.0 Å². The van der Waals surface area contributed by atoms with E-state index in [2.05, 4.69) is 12.2 Å². The highest BCUT2D eigenvalue weighted by atomic mass is 16.5. The summed E-state index contributed by atoms with van der Waals surface area (Å²) in [5.74, 6) is 0. The Bertz CT molecular complexity index is 156. The number of nitrogens with one attached hydrogen (secondary N) is 1. The van der Waals surface area contributed by atoms with Crippen LogP contribution in [0.1, 0.15) is 45.4 Å². The lowest BCUT2D eigenvalue weighted by Crippen LogP contribution is -2.47. The van der Waals surface area contributed by atoms with Crippen molar-refractivity contribution in [3.8, 4) is 0 Å². The fraction of sp³-hybridized carbons (Fsp3) is 1.00. The number of hydrogen-bond donors (Lipinski definition) is 2. The molecule has 0 aromatic rings. The maximum absolute atomic E-state index is 9.35. The van der Waals surface area contributed by atoms with Crippen LogP contribution in [-0.4, -0.2) is 37.0 Å². The van der Waals surface area contributed by atoms with Gasteiger partial charge in [-0.2, -0.15) is 0 Å². The fourth-order valence-corrected chi connectivity index (χ4v) is 2.18. The van der Waals surface area contributed by atoms with Gasteiger partial charge in [-0.1, -0.05) is 26.2 Å². The first-order valence-corrected chi connectivity index (χ1v) is 6.26. The molecule has 0 spiro atoms. The van der Waals surface area contributed by atoms with Crippen molar-refractivity contribution >= 4 is 0 Å². The third-order valence-electron chi connectivity index (χ3n) is 3.25. The van der Waals surface area contributed by atoms with Gasteiger partial charge in [0.15, 0.2) is 0 Å². The molecular formula is C12H25NO2. The summed E-state index contributed by atoms with van der Waals surface area (Å²) in [7, 11) is 0. The van der Waals surface area contributed by atoms with Crippen LogP contribution in [0.2, 0.25) is 0 Å². The van der Waals surface area contributed by atoms with Gasteiger partial charge < -0.3 is 15.2 Å². The lowest BCUT2D eigenvalue weighted by molar-refractivity contribution is 0.111. The minimum Gasteiger partial charge on any atom is -0.394 e. The van der Waals surface area contributed by atoms with Crippen molar-refractivity contribution in [1.29, 1.82) is 0 Å². The molecule has 15 heavy (non-hydrogen) atoms. The smallest absolute Gasteiger partial charge is 0.0613 e. The molecule has 3 heteroatoms. The van der Waals surface area contributed by atoms with E-state index in [-0.39, 0.29) is 12.1 Å². The van der Waals surface area contributed by atoms with Gasteiger partial charge in [-0.3, -0.25) is 0 Å². The molecule has 0 heterocycles. The van der Waals surface area contributed by atoms with Crippen LogP contribution in [0.25, 0.3) is 0 Å². The number of hydrogen-bond acceptors (Lipinski definition) is 3. The summed E-state index contributed by atoms with van der Waals surface area (Å²) >= 11 is 0. The highest BCUT2D eigenvalue weighted by Crippen LogP contribution is 2.28. The van der Waals surface area contributed by atoms with Gasteiger partial charge in [0.25, 0.3) is 0 Å². The van der Waals surface area contributed by atoms with E-state index in [1.54, 1.807) is 0 Å². The summed E-state index contributed by atoms with van der Waals surface area (Å²) < 4.78 is 5.48. The van der Waals surface area contributed by atoms with Crippen LogP contribution in [0.5, 0.6) is 0 Å². The fourth-order valence-electron chi connectivity index (χ4n) is 2.18. The van der Waals surface area contributed by atoms with E-state index in [1.165, 1.54) is 19.3 Å². The normalized spacial score (nSPS) is 19.6. The maximum atomic E-state index is 9.35. The van der Waals surface area contributed by atoms with Gasteiger partial charge in [0.2, 0.25) is 0 Å². The highest BCUT2D eigenvalue weighted by molar-refractivity contribution is 4.91. The molecule has 1 fully saturated rings. The summed E-state index contributed by atoms with van der Waals surface area (Å²) in [5.41, 5.74) is 0.00805. The van der Waals surface area contributed by atoms with Gasteiger partial charge in [0.1, 0.15) is 0 Å². The van der Waals surface area contributed by atoms with Crippen LogP contribution in [0, 0.1) is 0 Å². The second-order valence-electron chi connectivity index (χ2n) is 4.54. The minimum atomic E-state index is 0.00805. The van der Waals surface area contributed by atoms with Crippen molar-refractivity contribution in [2.24, 2.45) is 0 Å². The molecule has 3 nitrogen and oxygen atoms in total. The predicted octanol–water partition coefficient (Wildman–Crippen LogP) is 1.70. The Labute approximate surface area is 93.2 Å². The SMILES string of the molecule is CCCCOCCNC1(CO)CCCC1. The van der Waals surface area contributed by atoms with Crippen LogP contribution in [0.15, 0.2) is 0 Å². The predicted molar refractivity (Wildman–Crippen MR) is 62.0 cm³/mol. The molecule has 0 radical (unpaired) electrons. The van der Waals surface area contributed by atoms with Gasteiger partial charge >= 0.3 is 0 Å². The number of ether oxygens (including phenoxy) is 1. The Balaban J connectivity index is 2.02. The first kappa shape index (κ1) is 12.9. The number of rotatable bonds is 8. The molecule has 0 atom stereocenters. The number of aliphatic hydroxyl groups excluding tert-OH is 1. The minimum absolute atomic E-state index is 0.00805. The molecule has 0 aromatic carbocycles. The third kappa shape index (κ3) is 4.49. The Kier molecular flexibility index (Phi) is 6.22. The Morgan fingerprint density at radius 2 is 2.00 bits per heavy atom. The zero-order valence-corrected chi connectivity index (χ0v) is 9.93. The van der Waals surface area contributed by atoms with Gasteiger partial charge in [0, 0.05) is 18.7 Å². The Morgan fingerprint density at radius 3 is 2.60 bits per heavy atom. The van der Waals surface area contributed by atoms with Crippen molar-refractivity contribution in [2.45, 2.75) is 51.0 Å². The molecule has 0 aliphatic heterocycles. The summed E-state index contributed by atoms with van der Waals surface area (Å²) in [6.45, 7) is 4.93. The first-order chi connectivity index (χ1) is 7.33. The lowest BCUT2D eigenvalue weighted by Gasteiger charge is -2.28. The van der Waals surface area contributed by atoms with E-state index in [1.807, 2.05) is 0 Å². The van der Waals surface area contributed by atoms with Crippen molar-refractivity contribution in [2.75, 3.05) is 26.4 Å². The van der Waals surface area contributed by atoms with Crippen molar-refractivity contribution in [1.82, 2.24) is 5.32 Å². The van der Waals surface area contributed by atoms with Crippen LogP contribution < -0.4 is 5.32 Å². The van der Waals surface area contributed by atoms with E-state index in [9.17, 15) is 5.11 Å². The highest BCUT2D eigenvalue weighted by Gasteiger charge is 2.31. The molecule has 0 amide bonds. The molecule has 1 rings (SSSR count). The van der Waals surface area contributed by atoms with Crippen molar-refractivity contribution in [3.05, 3.63) is 0 Å². The molecule has 2 N–H and O–H groups in total. The molecule has 1 aliphatic rings. The first-order valence-electron chi connectivity index (χ1n) is 6.26. The molecule has 1 saturated carbocycles. The van der Waals surface area contributed by atoms with Crippen molar-refractivity contribution < 1.29 is 9.84 Å². The molecular weight excluding hydrogens is 190 g/mol. The molecule has 90 valence electrons. The van der Waals surface area contributed by atoms with Crippen molar-refractivity contribution in [3.63, 3.8) is 0 Å². The summed E-state index contributed by atoms with van der Waals surface area (Å²) in [5, 5.41) is 12.8. The molecule has 1 aliphatic carbocycles. The summed E-state index contributed by atoms with van der Waals surface area (Å²) in [6, 6.07) is 0. The zero-order chi connectivity index (χ0) is 11.0. The van der Waals surface area contributed by atoms with Crippen LogP contribution >= 0.6 is 0 Å². The van der Waals surface area contributed by atoms with E-state index in [0.29, 0.717) is 0 Å². The third-order valence-corrected chi connectivity index (χ3v) is 3.25. The largest absolute Gasteiger partial charge is 0.394 e. The van der Waals surface area contributed by atoms with Gasteiger partial charge in [0.05, 0.1) is 13.2 Å². The quantitative estimate of drug-likeness (QED) is 0.606. The lowest BCUT2D eigenvalue weighted by atomic mass is 9.99. The van der Waals surface area contributed by atoms with Crippen LogP contribution in [0.3, 0.4) is 0 Å². The van der Waals surface area contributed by atoms with Crippen LogP contribution in [0.4, 0.5) is 0 Å². The van der Waals surface area contributed by atoms with E-state index < -0.39 is 0 Å². The second kappa shape index (κ2) is 7.20. The van der Waals surface area contributed by atoms with Gasteiger partial charge in [-0.25, -0.2) is 0 Å². The second-order valence-corrected chi connectivity index (χ2v) is 4.54. The van der Waals surface area contributed by atoms with Gasteiger partial charge in [-0.05, 0) is 19.3 Å². The summed E-state index contributed by atoms with van der Waals surface area (Å²) in [6.07, 6.45) is 7.03. The summed E-state index contributed by atoms with van der Waals surface area (Å²) in [4.78, 5) is 0. The maximum Gasteiger partial charge on any atom is 0.0613 e. The zero-order valence-electron chi connectivity index (χ0n) is 9.93. The molecule has 0 unspecified atom stereocenters. The number of aliphatic hydroxyl groups is 1. The van der Waals surface area contributed by atoms with E-state index in [4.69, 9.17) is 4.74 Å². The number of unbranched alkanes of at least 4 members (excludes halogenated alkanes) is 1. The standard InChI is InChI=1S/C12H25NO2/c1-2-3-9-15-10-8-13-12(11-14)6-4-5-7-12/h13-14H,2-11H2,1H3. The average Bonchev–Trinajstić information content (AvgIpc) is 2.73. The monoisotopic (exact) mass is 215 g/mol. The molecule has 0 saturated heterocycles. The Morgan fingerprint density at radius 1 is 1.27 bits per heavy atom. The molecule has 0 aromatic heterocycles. The van der Waals surface area contributed by atoms with Gasteiger partial charge in [-0.15, -0.1) is 0 Å². The average molecular weight is 215 g/mol. The molecule has 0 bridgehead atoms. The topological polar surface area (TPSA) is 41.5 Å². The Hall–Kier alpha value is -0.120. The van der Waals surface area contributed by atoms with Crippen LogP contribution in [-0.2, 0) is 4.74 Å².